The lowest BCUT2D eigenvalue weighted by Crippen LogP contribution is -2.11. The van der Waals surface area contributed by atoms with Crippen LogP contribution >= 0.6 is 22.9 Å². The van der Waals surface area contributed by atoms with Crippen LogP contribution in [0.2, 0.25) is 4.34 Å². The predicted molar refractivity (Wildman–Crippen MR) is 91.6 cm³/mol. The van der Waals surface area contributed by atoms with Crippen molar-refractivity contribution < 1.29 is 0 Å². The fourth-order valence-corrected chi connectivity index (χ4v) is 3.11. The van der Waals surface area contributed by atoms with Gasteiger partial charge in [-0.1, -0.05) is 32.4 Å². The Hall–Kier alpha value is -1.33. The van der Waals surface area contributed by atoms with E-state index in [-0.39, 0.29) is 0 Å². The van der Waals surface area contributed by atoms with E-state index in [4.69, 9.17) is 11.6 Å². The van der Waals surface area contributed by atoms with Crippen LogP contribution in [0.4, 0.5) is 11.6 Å². The SMILES string of the molecule is CCCNc1ncnc(NCc2ccc(Cl)s2)c1C(C)C. The number of hydrogen-bond acceptors (Lipinski definition) is 5. The third-order valence-electron chi connectivity index (χ3n) is 3.06. The van der Waals surface area contributed by atoms with Crippen LogP contribution in [-0.2, 0) is 6.54 Å². The quantitative estimate of drug-likeness (QED) is 0.771. The minimum Gasteiger partial charge on any atom is -0.370 e. The second kappa shape index (κ2) is 7.61. The molecule has 2 heterocycles. The van der Waals surface area contributed by atoms with Gasteiger partial charge < -0.3 is 10.6 Å². The molecule has 0 saturated heterocycles. The molecule has 0 fully saturated rings. The molecule has 0 unspecified atom stereocenters. The molecule has 2 N–H and O–H groups in total. The topological polar surface area (TPSA) is 49.8 Å². The van der Waals surface area contributed by atoms with Gasteiger partial charge in [0, 0.05) is 17.0 Å². The zero-order valence-electron chi connectivity index (χ0n) is 12.6. The monoisotopic (exact) mass is 324 g/mol. The van der Waals surface area contributed by atoms with Crippen molar-refractivity contribution in [1.29, 1.82) is 0 Å². The van der Waals surface area contributed by atoms with Crippen molar-refractivity contribution >= 4 is 34.6 Å². The Labute approximate surface area is 135 Å². The highest BCUT2D eigenvalue weighted by Gasteiger charge is 2.14. The minimum atomic E-state index is 0.347. The van der Waals surface area contributed by atoms with Crippen LogP contribution in [-0.4, -0.2) is 16.5 Å². The van der Waals surface area contributed by atoms with Gasteiger partial charge in [-0.3, -0.25) is 0 Å². The van der Waals surface area contributed by atoms with Crippen LogP contribution in [0.25, 0.3) is 0 Å². The molecule has 2 rings (SSSR count). The maximum atomic E-state index is 5.96. The van der Waals surface area contributed by atoms with Gasteiger partial charge in [0.15, 0.2) is 0 Å². The van der Waals surface area contributed by atoms with Crippen LogP contribution in [0.5, 0.6) is 0 Å². The molecule has 0 saturated carbocycles. The Morgan fingerprint density at radius 3 is 2.48 bits per heavy atom. The molecule has 2 aromatic rings. The summed E-state index contributed by atoms with van der Waals surface area (Å²) >= 11 is 7.54. The van der Waals surface area contributed by atoms with E-state index >= 15 is 0 Å². The van der Waals surface area contributed by atoms with Crippen molar-refractivity contribution in [3.8, 4) is 0 Å². The standard InChI is InChI=1S/C15H21ClN4S/c1-4-7-17-14-13(10(2)3)15(20-9-19-14)18-8-11-5-6-12(16)21-11/h5-6,9-10H,4,7-8H2,1-3H3,(H2,17,18,19,20). The summed E-state index contributed by atoms with van der Waals surface area (Å²) in [5.41, 5.74) is 1.13. The van der Waals surface area contributed by atoms with E-state index < -0.39 is 0 Å². The Balaban J connectivity index is 2.17. The summed E-state index contributed by atoms with van der Waals surface area (Å²) in [5, 5.41) is 6.78. The van der Waals surface area contributed by atoms with Crippen molar-refractivity contribution in [2.45, 2.75) is 39.7 Å². The van der Waals surface area contributed by atoms with Crippen LogP contribution in [0.3, 0.4) is 0 Å². The highest BCUT2D eigenvalue weighted by molar-refractivity contribution is 7.16. The zero-order valence-corrected chi connectivity index (χ0v) is 14.2. The van der Waals surface area contributed by atoms with Gasteiger partial charge in [-0.15, -0.1) is 11.3 Å². The number of rotatable bonds is 7. The van der Waals surface area contributed by atoms with E-state index in [0.29, 0.717) is 5.92 Å². The summed E-state index contributed by atoms with van der Waals surface area (Å²) in [7, 11) is 0. The molecule has 0 amide bonds. The third kappa shape index (κ3) is 4.32. The second-order valence-electron chi connectivity index (χ2n) is 5.13. The van der Waals surface area contributed by atoms with E-state index in [1.807, 2.05) is 12.1 Å². The van der Waals surface area contributed by atoms with Gasteiger partial charge in [0.2, 0.25) is 0 Å². The molecule has 0 aliphatic rings. The Kier molecular flexibility index (Phi) is 5.82. The number of anilines is 2. The maximum Gasteiger partial charge on any atom is 0.135 e. The maximum absolute atomic E-state index is 5.96. The van der Waals surface area contributed by atoms with Crippen molar-refractivity contribution in [2.24, 2.45) is 0 Å². The summed E-state index contributed by atoms with van der Waals surface area (Å²) in [5.74, 6) is 2.16. The molecule has 2 aromatic heterocycles. The molecule has 0 spiro atoms. The predicted octanol–water partition coefficient (Wildman–Crippen LogP) is 4.75. The van der Waals surface area contributed by atoms with Crippen LogP contribution in [0.1, 0.15) is 43.6 Å². The summed E-state index contributed by atoms with van der Waals surface area (Å²) in [6.45, 7) is 8.09. The van der Waals surface area contributed by atoms with Crippen LogP contribution in [0, 0.1) is 0 Å². The molecule has 0 aliphatic heterocycles. The van der Waals surface area contributed by atoms with Crippen LogP contribution < -0.4 is 10.6 Å². The van der Waals surface area contributed by atoms with Gasteiger partial charge in [0.05, 0.1) is 10.9 Å². The van der Waals surface area contributed by atoms with Gasteiger partial charge >= 0.3 is 0 Å². The Morgan fingerprint density at radius 1 is 1.19 bits per heavy atom. The molecule has 0 radical (unpaired) electrons. The van der Waals surface area contributed by atoms with Crippen LogP contribution in [0.15, 0.2) is 18.5 Å². The molecule has 21 heavy (non-hydrogen) atoms. The first kappa shape index (κ1) is 16.0. The first-order chi connectivity index (χ1) is 10.1. The number of nitrogens with one attached hydrogen (secondary N) is 2. The van der Waals surface area contributed by atoms with E-state index in [0.717, 1.165) is 41.0 Å². The molecule has 6 heteroatoms. The fraction of sp³-hybridized carbons (Fsp3) is 0.467. The lowest BCUT2D eigenvalue weighted by atomic mass is 10.0. The van der Waals surface area contributed by atoms with Crippen molar-refractivity contribution in [3.63, 3.8) is 0 Å². The number of hydrogen-bond donors (Lipinski definition) is 2. The average molecular weight is 325 g/mol. The molecule has 0 aliphatic carbocycles. The molecule has 114 valence electrons. The minimum absolute atomic E-state index is 0.347. The zero-order chi connectivity index (χ0) is 15.2. The van der Waals surface area contributed by atoms with Gasteiger partial charge in [-0.25, -0.2) is 9.97 Å². The Morgan fingerprint density at radius 2 is 1.90 bits per heavy atom. The molecule has 4 nitrogen and oxygen atoms in total. The molecule has 0 bridgehead atoms. The van der Waals surface area contributed by atoms with E-state index in [1.54, 1.807) is 17.7 Å². The molecule has 0 atom stereocenters. The first-order valence-electron chi connectivity index (χ1n) is 7.18. The number of nitrogens with zero attached hydrogens (tertiary/aromatic N) is 2. The van der Waals surface area contributed by atoms with Gasteiger partial charge in [0.25, 0.3) is 0 Å². The summed E-state index contributed by atoms with van der Waals surface area (Å²) in [6, 6.07) is 3.95. The van der Waals surface area contributed by atoms with E-state index in [9.17, 15) is 0 Å². The van der Waals surface area contributed by atoms with E-state index in [2.05, 4.69) is 41.4 Å². The Bertz CT molecular complexity index is 583. The summed E-state index contributed by atoms with van der Waals surface area (Å²) in [6.07, 6.45) is 2.67. The normalized spacial score (nSPS) is 10.9. The second-order valence-corrected chi connectivity index (χ2v) is 6.93. The third-order valence-corrected chi connectivity index (χ3v) is 4.29. The lowest BCUT2D eigenvalue weighted by molar-refractivity contribution is 0.839. The molecule has 0 aromatic carbocycles. The van der Waals surface area contributed by atoms with Gasteiger partial charge in [0.1, 0.15) is 18.0 Å². The summed E-state index contributed by atoms with van der Waals surface area (Å²) in [4.78, 5) is 9.97. The lowest BCUT2D eigenvalue weighted by Gasteiger charge is -2.17. The number of thiophene rings is 1. The largest absolute Gasteiger partial charge is 0.370 e. The van der Waals surface area contributed by atoms with Crippen molar-refractivity contribution in [3.05, 3.63) is 33.2 Å². The van der Waals surface area contributed by atoms with Crippen molar-refractivity contribution in [1.82, 2.24) is 9.97 Å². The van der Waals surface area contributed by atoms with Crippen molar-refractivity contribution in [2.75, 3.05) is 17.2 Å². The fourth-order valence-electron chi connectivity index (χ4n) is 2.09. The number of aromatic nitrogens is 2. The number of halogens is 1. The first-order valence-corrected chi connectivity index (χ1v) is 8.38. The van der Waals surface area contributed by atoms with E-state index in [1.165, 1.54) is 4.88 Å². The average Bonchev–Trinajstić information content (AvgIpc) is 2.88. The molecular weight excluding hydrogens is 304 g/mol. The highest BCUT2D eigenvalue weighted by atomic mass is 35.5. The van der Waals surface area contributed by atoms with Gasteiger partial charge in [-0.05, 0) is 24.5 Å². The highest BCUT2D eigenvalue weighted by Crippen LogP contribution is 2.29. The smallest absolute Gasteiger partial charge is 0.135 e. The summed E-state index contributed by atoms with van der Waals surface area (Å²) < 4.78 is 0.809. The van der Waals surface area contributed by atoms with Gasteiger partial charge in [-0.2, -0.15) is 0 Å². The molecular formula is C15H21ClN4S.